The first kappa shape index (κ1) is 22.1. The molecule has 28 heavy (non-hydrogen) atoms. The van der Waals surface area contributed by atoms with Crippen molar-refractivity contribution in [3.63, 3.8) is 0 Å². The molecule has 0 aliphatic heterocycles. The van der Waals surface area contributed by atoms with E-state index in [-0.39, 0.29) is 23.6 Å². The summed E-state index contributed by atoms with van der Waals surface area (Å²) < 4.78 is 26.6. The fourth-order valence-electron chi connectivity index (χ4n) is 3.11. The van der Waals surface area contributed by atoms with Gasteiger partial charge >= 0.3 is 0 Å². The van der Waals surface area contributed by atoms with Gasteiger partial charge in [-0.05, 0) is 37.0 Å². The third-order valence-electron chi connectivity index (χ3n) is 4.36. The summed E-state index contributed by atoms with van der Waals surface area (Å²) in [5.41, 5.74) is 2.69. The summed E-state index contributed by atoms with van der Waals surface area (Å²) in [7, 11) is -3.34. The first-order valence-electron chi connectivity index (χ1n) is 9.71. The molecule has 0 aliphatic rings. The number of sulfonamides is 1. The first-order chi connectivity index (χ1) is 13.3. The second kappa shape index (κ2) is 10.4. The summed E-state index contributed by atoms with van der Waals surface area (Å²) >= 11 is 0. The van der Waals surface area contributed by atoms with Crippen LogP contribution in [0.4, 0.5) is 0 Å². The van der Waals surface area contributed by atoms with Crippen molar-refractivity contribution in [2.24, 2.45) is 0 Å². The van der Waals surface area contributed by atoms with Crippen molar-refractivity contribution in [1.29, 1.82) is 0 Å². The van der Waals surface area contributed by atoms with E-state index in [2.05, 4.69) is 17.0 Å². The molecule has 0 spiro atoms. The number of hydrogen-bond acceptors (Lipinski definition) is 3. The number of carbonyl (C=O) groups excluding carboxylic acids is 1. The molecule has 2 N–H and O–H groups in total. The Morgan fingerprint density at radius 3 is 2.14 bits per heavy atom. The lowest BCUT2D eigenvalue weighted by molar-refractivity contribution is -0.122. The first-order valence-corrected chi connectivity index (χ1v) is 11.4. The highest BCUT2D eigenvalue weighted by Crippen LogP contribution is 2.21. The van der Waals surface area contributed by atoms with E-state index in [1.165, 1.54) is 0 Å². The molecule has 5 nitrogen and oxygen atoms in total. The van der Waals surface area contributed by atoms with Crippen molar-refractivity contribution in [2.75, 3.05) is 0 Å². The summed E-state index contributed by atoms with van der Waals surface area (Å²) in [5, 5.41) is 3.01. The molecule has 0 fully saturated rings. The highest BCUT2D eigenvalue weighted by atomic mass is 32.2. The van der Waals surface area contributed by atoms with Gasteiger partial charge in [-0.15, -0.1) is 0 Å². The summed E-state index contributed by atoms with van der Waals surface area (Å²) in [6.07, 6.45) is 1.73. The molecule has 1 atom stereocenters. The van der Waals surface area contributed by atoms with Crippen LogP contribution < -0.4 is 10.0 Å². The van der Waals surface area contributed by atoms with Crippen LogP contribution in [-0.4, -0.2) is 20.4 Å². The molecule has 152 valence electrons. The maximum atomic E-state index is 12.7. The second-order valence-corrected chi connectivity index (χ2v) is 9.07. The van der Waals surface area contributed by atoms with Gasteiger partial charge in [0.05, 0.1) is 11.7 Å². The van der Waals surface area contributed by atoms with Crippen molar-refractivity contribution in [3.05, 3.63) is 71.3 Å². The van der Waals surface area contributed by atoms with E-state index < -0.39 is 10.0 Å². The lowest BCUT2D eigenvalue weighted by atomic mass is 9.93. The van der Waals surface area contributed by atoms with Gasteiger partial charge in [-0.25, -0.2) is 13.1 Å². The van der Waals surface area contributed by atoms with Gasteiger partial charge in [-0.2, -0.15) is 0 Å². The molecule has 2 aromatic carbocycles. The van der Waals surface area contributed by atoms with Crippen LogP contribution in [0.1, 0.15) is 56.2 Å². The topological polar surface area (TPSA) is 75.3 Å². The van der Waals surface area contributed by atoms with E-state index >= 15 is 0 Å². The van der Waals surface area contributed by atoms with Crippen LogP contribution in [0.15, 0.2) is 54.6 Å². The summed E-state index contributed by atoms with van der Waals surface area (Å²) in [6, 6.07) is 17.0. The number of hydrogen-bond donors (Lipinski definition) is 2. The third-order valence-corrected chi connectivity index (χ3v) is 5.90. The van der Waals surface area contributed by atoms with Crippen LogP contribution in [0.5, 0.6) is 0 Å². The van der Waals surface area contributed by atoms with Crippen LogP contribution in [-0.2, 0) is 27.1 Å². The smallest absolute Gasteiger partial charge is 0.227 e. The Kier molecular flexibility index (Phi) is 8.20. The molecule has 0 bridgehead atoms. The molecular formula is C22H30N2O3S. The fraction of sp³-hybridized carbons (Fsp3) is 0.409. The molecule has 0 saturated heterocycles. The van der Waals surface area contributed by atoms with Gasteiger partial charge < -0.3 is 5.32 Å². The molecule has 1 amide bonds. The Hall–Kier alpha value is -2.18. The zero-order valence-corrected chi connectivity index (χ0v) is 17.6. The molecule has 6 heteroatoms. The normalized spacial score (nSPS) is 12.7. The molecule has 1 unspecified atom stereocenters. The predicted molar refractivity (Wildman–Crippen MR) is 113 cm³/mol. The van der Waals surface area contributed by atoms with Crippen molar-refractivity contribution in [2.45, 2.75) is 57.9 Å². The van der Waals surface area contributed by atoms with Gasteiger partial charge in [0.25, 0.3) is 0 Å². The van der Waals surface area contributed by atoms with E-state index in [1.807, 2.05) is 42.5 Å². The molecule has 0 heterocycles. The molecule has 0 radical (unpaired) electrons. The molecule has 0 aromatic heterocycles. The Labute approximate surface area is 168 Å². The van der Waals surface area contributed by atoms with Gasteiger partial charge in [0.15, 0.2) is 0 Å². The van der Waals surface area contributed by atoms with Crippen molar-refractivity contribution >= 4 is 15.9 Å². The molecule has 2 rings (SSSR count). The molecular weight excluding hydrogens is 372 g/mol. The summed E-state index contributed by atoms with van der Waals surface area (Å²) in [4.78, 5) is 12.7. The van der Waals surface area contributed by atoms with Gasteiger partial charge in [0.2, 0.25) is 15.9 Å². The minimum absolute atomic E-state index is 0.0147. The quantitative estimate of drug-likeness (QED) is 0.636. The highest BCUT2D eigenvalue weighted by molar-refractivity contribution is 7.88. The van der Waals surface area contributed by atoms with Crippen molar-refractivity contribution in [3.8, 4) is 0 Å². The fourth-order valence-corrected chi connectivity index (χ4v) is 4.54. The molecule has 0 saturated carbocycles. The van der Waals surface area contributed by atoms with Gasteiger partial charge in [-0.1, -0.05) is 67.9 Å². The highest BCUT2D eigenvalue weighted by Gasteiger charge is 2.19. The van der Waals surface area contributed by atoms with Gasteiger partial charge in [0.1, 0.15) is 0 Å². The van der Waals surface area contributed by atoms with Crippen molar-refractivity contribution < 1.29 is 13.2 Å². The Morgan fingerprint density at radius 1 is 0.964 bits per heavy atom. The lowest BCUT2D eigenvalue weighted by Gasteiger charge is -2.17. The zero-order valence-electron chi connectivity index (χ0n) is 16.8. The van der Waals surface area contributed by atoms with Crippen LogP contribution in [0, 0.1) is 0 Å². The number of carbonyl (C=O) groups is 1. The molecule has 0 aliphatic carbocycles. The number of nitrogens with one attached hydrogen (secondary N) is 2. The van der Waals surface area contributed by atoms with E-state index in [0.717, 1.165) is 29.5 Å². The van der Waals surface area contributed by atoms with E-state index in [9.17, 15) is 13.2 Å². The van der Waals surface area contributed by atoms with Gasteiger partial charge in [-0.3, -0.25) is 4.79 Å². The van der Waals surface area contributed by atoms with Gasteiger partial charge in [0, 0.05) is 12.6 Å². The zero-order chi connectivity index (χ0) is 20.6. The van der Waals surface area contributed by atoms with Crippen molar-refractivity contribution in [1.82, 2.24) is 10.0 Å². The predicted octanol–water partition coefficient (Wildman–Crippen LogP) is 3.71. The standard InChI is InChI=1S/C22H30N2O3S/c1-4-8-21(20-9-6-5-7-10-20)22(25)23-15-18-11-13-19(14-12-18)16-28(26,27)24-17(2)3/h5-7,9-14,17,21,24H,4,8,15-16H2,1-3H3,(H,23,25). The Balaban J connectivity index is 1.95. The van der Waals surface area contributed by atoms with E-state index in [0.29, 0.717) is 6.54 Å². The average molecular weight is 403 g/mol. The summed E-state index contributed by atoms with van der Waals surface area (Å²) in [5.74, 6) is -0.191. The number of benzene rings is 2. The Bertz CT molecular complexity index is 847. The maximum absolute atomic E-state index is 12.7. The van der Waals surface area contributed by atoms with Crippen LogP contribution in [0.2, 0.25) is 0 Å². The second-order valence-electron chi connectivity index (χ2n) is 7.32. The summed E-state index contributed by atoms with van der Waals surface area (Å²) in [6.45, 7) is 6.09. The minimum atomic E-state index is -3.34. The third kappa shape index (κ3) is 7.09. The van der Waals surface area contributed by atoms with Crippen LogP contribution in [0.3, 0.4) is 0 Å². The number of amides is 1. The minimum Gasteiger partial charge on any atom is -0.351 e. The number of rotatable bonds is 10. The largest absolute Gasteiger partial charge is 0.351 e. The van der Waals surface area contributed by atoms with E-state index in [1.54, 1.807) is 26.0 Å². The Morgan fingerprint density at radius 2 is 1.57 bits per heavy atom. The van der Waals surface area contributed by atoms with Crippen LogP contribution in [0.25, 0.3) is 0 Å². The van der Waals surface area contributed by atoms with E-state index in [4.69, 9.17) is 0 Å². The SMILES string of the molecule is CCCC(C(=O)NCc1ccc(CS(=O)(=O)NC(C)C)cc1)c1ccccc1. The maximum Gasteiger partial charge on any atom is 0.227 e. The van der Waals surface area contributed by atoms with Crippen LogP contribution >= 0.6 is 0 Å². The monoisotopic (exact) mass is 402 g/mol. The molecule has 2 aromatic rings. The lowest BCUT2D eigenvalue weighted by Crippen LogP contribution is -2.31. The average Bonchev–Trinajstić information content (AvgIpc) is 2.64.